The van der Waals surface area contributed by atoms with Crippen LogP contribution in [0.1, 0.15) is 26.5 Å². The van der Waals surface area contributed by atoms with Crippen molar-refractivity contribution in [2.45, 2.75) is 38.7 Å². The van der Waals surface area contributed by atoms with E-state index in [1.807, 2.05) is 0 Å². The summed E-state index contributed by atoms with van der Waals surface area (Å²) in [6.45, 7) is 3.82. The van der Waals surface area contributed by atoms with Crippen LogP contribution >= 0.6 is 7.60 Å². The van der Waals surface area contributed by atoms with Crippen LogP contribution in [0.2, 0.25) is 0 Å². The van der Waals surface area contributed by atoms with Crippen molar-refractivity contribution in [2.24, 2.45) is 0 Å². The molecule has 0 aromatic carbocycles. The smallest absolute Gasteiger partial charge is 0.356 e. The Kier molecular flexibility index (Phi) is 7.05. The lowest BCUT2D eigenvalue weighted by atomic mass is 10.2. The maximum absolute atomic E-state index is 12.3. The van der Waals surface area contributed by atoms with Crippen LogP contribution < -0.4 is 11.4 Å². The molecule has 0 radical (unpaired) electrons. The molecule has 2 rings (SSSR count). The Hall–Kier alpha value is -1.36. The molecule has 0 spiro atoms. The summed E-state index contributed by atoms with van der Waals surface area (Å²) < 4.78 is 34.6. The predicted octanol–water partition coefficient (Wildman–Crippen LogP) is 0.109. The number of aliphatic hydroxyl groups excluding tert-OH is 1. The van der Waals surface area contributed by atoms with E-state index in [0.717, 1.165) is 4.57 Å². The quantitative estimate of drug-likeness (QED) is 0.567. The fourth-order valence-electron chi connectivity index (χ4n) is 2.37. The van der Waals surface area contributed by atoms with Crippen molar-refractivity contribution in [1.82, 2.24) is 14.5 Å². The van der Waals surface area contributed by atoms with Gasteiger partial charge in [-0.05, 0) is 13.8 Å². The fourth-order valence-corrected chi connectivity index (χ4v) is 3.71. The van der Waals surface area contributed by atoms with E-state index in [4.69, 9.17) is 24.3 Å². The van der Waals surface area contributed by atoms with Crippen molar-refractivity contribution in [3.8, 4) is 0 Å². The monoisotopic (exact) mass is 378 g/mol. The second-order valence-corrected chi connectivity index (χ2v) is 7.28. The third-order valence-corrected chi connectivity index (χ3v) is 5.24. The number of hydrogen-bond donors (Lipinski definition) is 2. The lowest BCUT2D eigenvalue weighted by Crippen LogP contribution is -2.29. The molecule has 0 bridgehead atoms. The molecule has 3 atom stereocenters. The van der Waals surface area contributed by atoms with Gasteiger partial charge in [-0.3, -0.25) is 9.13 Å². The number of rotatable bonds is 9. The van der Waals surface area contributed by atoms with Gasteiger partial charge in [0.2, 0.25) is 5.95 Å². The first kappa shape index (κ1) is 20.0. The highest BCUT2D eigenvalue weighted by Crippen LogP contribution is 2.48. The van der Waals surface area contributed by atoms with Crippen molar-refractivity contribution >= 4 is 13.5 Å². The Labute approximate surface area is 144 Å². The summed E-state index contributed by atoms with van der Waals surface area (Å²) in [6, 6.07) is 0. The standard InChI is InChI=1S/C13H23N4O7P/c1-3-22-25(20,23-4-2)8-21-6-10-9(18)5-11(24-10)17-7-15-12(14)16-13(17)19/h7,9-11,18H,3-6,8H2,1-2H3,(H2,14,16,19)/t9-,10+,11+/m0/s1. The van der Waals surface area contributed by atoms with Crippen LogP contribution in [-0.4, -0.2) is 58.0 Å². The van der Waals surface area contributed by atoms with Crippen LogP contribution in [0.4, 0.5) is 5.95 Å². The summed E-state index contributed by atoms with van der Waals surface area (Å²) in [6.07, 6.45) is -1.18. The fraction of sp³-hybridized carbons (Fsp3) is 0.769. The molecule has 12 heteroatoms. The van der Waals surface area contributed by atoms with Gasteiger partial charge in [0.25, 0.3) is 0 Å². The Bertz CT molecular complexity index is 660. The van der Waals surface area contributed by atoms with Gasteiger partial charge in [-0.15, -0.1) is 0 Å². The van der Waals surface area contributed by atoms with Crippen molar-refractivity contribution in [3.63, 3.8) is 0 Å². The highest BCUT2D eigenvalue weighted by atomic mass is 31.2. The van der Waals surface area contributed by atoms with Gasteiger partial charge in [0.1, 0.15) is 25.0 Å². The zero-order valence-electron chi connectivity index (χ0n) is 14.1. The molecule has 0 saturated carbocycles. The molecule has 2 heterocycles. The third-order valence-electron chi connectivity index (χ3n) is 3.44. The molecule has 142 valence electrons. The van der Waals surface area contributed by atoms with Crippen LogP contribution in [0.25, 0.3) is 0 Å². The summed E-state index contributed by atoms with van der Waals surface area (Å²) in [5, 5.41) is 10.1. The van der Waals surface area contributed by atoms with E-state index in [0.29, 0.717) is 0 Å². The molecular weight excluding hydrogens is 355 g/mol. The Morgan fingerprint density at radius 2 is 2.12 bits per heavy atom. The molecule has 0 aliphatic carbocycles. The molecule has 1 aromatic rings. The van der Waals surface area contributed by atoms with Gasteiger partial charge < -0.3 is 29.4 Å². The average Bonchev–Trinajstić information content (AvgIpc) is 2.88. The second-order valence-electron chi connectivity index (χ2n) is 5.28. The van der Waals surface area contributed by atoms with E-state index in [-0.39, 0.29) is 38.5 Å². The predicted molar refractivity (Wildman–Crippen MR) is 86.9 cm³/mol. The zero-order valence-corrected chi connectivity index (χ0v) is 15.0. The number of ether oxygens (including phenoxy) is 2. The molecule has 1 aliphatic rings. The normalized spacial score (nSPS) is 23.9. The highest BCUT2D eigenvalue weighted by molar-refractivity contribution is 7.53. The topological polar surface area (TPSA) is 148 Å². The van der Waals surface area contributed by atoms with E-state index in [1.54, 1.807) is 13.8 Å². The Balaban J connectivity index is 1.91. The molecule has 1 saturated heterocycles. The van der Waals surface area contributed by atoms with Gasteiger partial charge in [0, 0.05) is 6.42 Å². The number of aromatic nitrogens is 3. The van der Waals surface area contributed by atoms with Crippen molar-refractivity contribution in [3.05, 3.63) is 16.8 Å². The molecule has 25 heavy (non-hydrogen) atoms. The van der Waals surface area contributed by atoms with Crippen LogP contribution in [0, 0.1) is 0 Å². The summed E-state index contributed by atoms with van der Waals surface area (Å²) in [4.78, 5) is 19.1. The van der Waals surface area contributed by atoms with Gasteiger partial charge in [0.15, 0.2) is 0 Å². The molecule has 0 amide bonds. The van der Waals surface area contributed by atoms with E-state index in [9.17, 15) is 14.5 Å². The van der Waals surface area contributed by atoms with Crippen LogP contribution in [0.15, 0.2) is 11.1 Å². The van der Waals surface area contributed by atoms with E-state index in [1.165, 1.54) is 6.33 Å². The maximum Gasteiger partial charge on any atom is 0.356 e. The van der Waals surface area contributed by atoms with Crippen molar-refractivity contribution in [1.29, 1.82) is 0 Å². The lowest BCUT2D eigenvalue weighted by Gasteiger charge is -2.19. The molecule has 1 aromatic heterocycles. The number of anilines is 1. The van der Waals surface area contributed by atoms with Crippen molar-refractivity contribution < 1.29 is 28.2 Å². The zero-order chi connectivity index (χ0) is 18.4. The summed E-state index contributed by atoms with van der Waals surface area (Å²) in [7, 11) is -3.33. The number of nitrogens with zero attached hydrogens (tertiary/aromatic N) is 3. The Morgan fingerprint density at radius 1 is 1.44 bits per heavy atom. The minimum atomic E-state index is -3.33. The summed E-state index contributed by atoms with van der Waals surface area (Å²) in [5.74, 6) is -0.137. The maximum atomic E-state index is 12.3. The minimum absolute atomic E-state index is 0.0353. The first-order valence-electron chi connectivity index (χ1n) is 7.88. The molecule has 3 N–H and O–H groups in total. The molecule has 1 aliphatic heterocycles. The Morgan fingerprint density at radius 3 is 2.72 bits per heavy atom. The van der Waals surface area contributed by atoms with Gasteiger partial charge in [-0.2, -0.15) is 4.98 Å². The van der Waals surface area contributed by atoms with E-state index < -0.39 is 31.7 Å². The van der Waals surface area contributed by atoms with Gasteiger partial charge in [-0.1, -0.05) is 0 Å². The third kappa shape index (κ3) is 5.30. The summed E-state index contributed by atoms with van der Waals surface area (Å²) in [5.41, 5.74) is 4.72. The molecule has 0 unspecified atom stereocenters. The molecule has 1 fully saturated rings. The lowest BCUT2D eigenvalue weighted by molar-refractivity contribution is -0.0595. The van der Waals surface area contributed by atoms with Crippen molar-refractivity contribution in [2.75, 3.05) is 31.9 Å². The SMILES string of the molecule is CCOP(=O)(COC[C@H]1O[C@@H](n2cnc(N)nc2=O)C[C@@H]1O)OCC. The average molecular weight is 378 g/mol. The number of aliphatic hydroxyl groups is 1. The second kappa shape index (κ2) is 8.84. The summed E-state index contributed by atoms with van der Waals surface area (Å²) >= 11 is 0. The van der Waals surface area contributed by atoms with Gasteiger partial charge >= 0.3 is 13.3 Å². The van der Waals surface area contributed by atoms with E-state index >= 15 is 0 Å². The molecular formula is C13H23N4O7P. The van der Waals surface area contributed by atoms with Gasteiger partial charge in [-0.25, -0.2) is 9.78 Å². The minimum Gasteiger partial charge on any atom is -0.390 e. The van der Waals surface area contributed by atoms with Crippen LogP contribution in [-0.2, 0) is 23.1 Å². The number of nitrogen functional groups attached to an aromatic ring is 1. The molecule has 11 nitrogen and oxygen atoms in total. The number of nitrogens with two attached hydrogens (primary N) is 1. The first-order valence-corrected chi connectivity index (χ1v) is 9.61. The number of hydrogen-bond acceptors (Lipinski definition) is 10. The van der Waals surface area contributed by atoms with E-state index in [2.05, 4.69) is 9.97 Å². The van der Waals surface area contributed by atoms with Crippen LogP contribution in [0.5, 0.6) is 0 Å². The van der Waals surface area contributed by atoms with Gasteiger partial charge in [0.05, 0.1) is 25.9 Å². The van der Waals surface area contributed by atoms with Crippen LogP contribution in [0.3, 0.4) is 0 Å². The largest absolute Gasteiger partial charge is 0.390 e. The first-order chi connectivity index (χ1) is 11.9. The highest BCUT2D eigenvalue weighted by Gasteiger charge is 2.36.